The highest BCUT2D eigenvalue weighted by Crippen LogP contribution is 2.23. The Kier molecular flexibility index (Phi) is 5.02. The topological polar surface area (TPSA) is 60.2 Å². The van der Waals surface area contributed by atoms with Crippen molar-refractivity contribution in [3.63, 3.8) is 0 Å². The predicted molar refractivity (Wildman–Crippen MR) is 72.4 cm³/mol. The third-order valence-corrected chi connectivity index (χ3v) is 2.82. The molecule has 96 valence electrons. The number of nitrogen functional groups attached to an aromatic ring is 1. The molecule has 0 amide bonds. The van der Waals surface area contributed by atoms with Gasteiger partial charge in [0.2, 0.25) is 0 Å². The van der Waals surface area contributed by atoms with Crippen LogP contribution in [0.5, 0.6) is 0 Å². The minimum absolute atomic E-state index is 0.118. The molecule has 1 aromatic rings. The third kappa shape index (κ3) is 4.79. The van der Waals surface area contributed by atoms with E-state index in [9.17, 15) is 0 Å². The number of nitrogens with one attached hydrogen (secondary N) is 1. The molecule has 17 heavy (non-hydrogen) atoms. The Labute approximate surface area is 108 Å². The Morgan fingerprint density at radius 1 is 1.47 bits per heavy atom. The lowest BCUT2D eigenvalue weighted by Gasteiger charge is -2.25. The van der Waals surface area contributed by atoms with Gasteiger partial charge in [-0.3, -0.25) is 0 Å². The summed E-state index contributed by atoms with van der Waals surface area (Å²) in [7, 11) is 1.71. The molecule has 0 unspecified atom stereocenters. The largest absolute Gasteiger partial charge is 0.396 e. The first-order valence-electron chi connectivity index (χ1n) is 5.59. The van der Waals surface area contributed by atoms with Gasteiger partial charge in [0.05, 0.1) is 5.69 Å². The summed E-state index contributed by atoms with van der Waals surface area (Å²) in [6, 6.07) is 3.43. The molecule has 1 rings (SSSR count). The lowest BCUT2D eigenvalue weighted by atomic mass is 9.90. The molecule has 0 radical (unpaired) electrons. The number of anilines is 2. The summed E-state index contributed by atoms with van der Waals surface area (Å²) in [5.41, 5.74) is 6.54. The molecule has 3 N–H and O–H groups in total. The monoisotopic (exact) mass is 257 g/mol. The van der Waals surface area contributed by atoms with Crippen LogP contribution in [0.3, 0.4) is 0 Å². The first-order chi connectivity index (χ1) is 7.94. The number of nitrogens with two attached hydrogens (primary N) is 1. The molecule has 0 spiro atoms. The molecule has 0 saturated heterocycles. The van der Waals surface area contributed by atoms with Gasteiger partial charge < -0.3 is 15.8 Å². The number of methoxy groups -OCH3 is 1. The number of hydrogen-bond acceptors (Lipinski definition) is 4. The molecule has 0 bridgehead atoms. The predicted octanol–water partition coefficient (Wildman–Crippen LogP) is 2.79. The average Bonchev–Trinajstić information content (AvgIpc) is 2.28. The number of aromatic nitrogens is 1. The lowest BCUT2D eigenvalue weighted by molar-refractivity contribution is 0.157. The van der Waals surface area contributed by atoms with Gasteiger partial charge in [-0.2, -0.15) is 0 Å². The van der Waals surface area contributed by atoms with E-state index < -0.39 is 0 Å². The van der Waals surface area contributed by atoms with E-state index >= 15 is 0 Å². The zero-order chi connectivity index (χ0) is 12.9. The summed E-state index contributed by atoms with van der Waals surface area (Å²) in [4.78, 5) is 4.15. The molecule has 5 heteroatoms. The minimum Gasteiger partial charge on any atom is -0.396 e. The third-order valence-electron chi connectivity index (χ3n) is 2.61. The van der Waals surface area contributed by atoms with Gasteiger partial charge in [-0.15, -0.1) is 0 Å². The molecule has 0 aliphatic heterocycles. The molecule has 4 nitrogen and oxygen atoms in total. The van der Waals surface area contributed by atoms with Crippen molar-refractivity contribution in [2.24, 2.45) is 5.41 Å². The van der Waals surface area contributed by atoms with Gasteiger partial charge in [0.1, 0.15) is 5.15 Å². The van der Waals surface area contributed by atoms with Gasteiger partial charge in [-0.05, 0) is 24.0 Å². The SMILES string of the molecule is COCCC(C)(C)CNc1nc(Cl)ccc1N. The highest BCUT2D eigenvalue weighted by Gasteiger charge is 2.18. The van der Waals surface area contributed by atoms with Crippen LogP contribution in [0.25, 0.3) is 0 Å². The van der Waals surface area contributed by atoms with Crippen molar-refractivity contribution in [1.82, 2.24) is 4.98 Å². The van der Waals surface area contributed by atoms with Crippen LogP contribution in [0.2, 0.25) is 5.15 Å². The molecule has 0 saturated carbocycles. The van der Waals surface area contributed by atoms with Crippen molar-refractivity contribution >= 4 is 23.1 Å². The second-order valence-corrected chi connectivity index (χ2v) is 5.22. The van der Waals surface area contributed by atoms with Gasteiger partial charge in [-0.25, -0.2) is 4.98 Å². The van der Waals surface area contributed by atoms with Crippen LogP contribution < -0.4 is 11.1 Å². The first kappa shape index (κ1) is 14.1. The summed E-state index contributed by atoms with van der Waals surface area (Å²) < 4.78 is 5.08. The Hall–Kier alpha value is -1.00. The second-order valence-electron chi connectivity index (χ2n) is 4.83. The molecular formula is C12H20ClN3O. The van der Waals surface area contributed by atoms with Crippen molar-refractivity contribution in [2.75, 3.05) is 31.3 Å². The van der Waals surface area contributed by atoms with Crippen molar-refractivity contribution in [3.8, 4) is 0 Å². The fourth-order valence-corrected chi connectivity index (χ4v) is 1.52. The van der Waals surface area contributed by atoms with E-state index in [0.717, 1.165) is 19.6 Å². The van der Waals surface area contributed by atoms with Crippen molar-refractivity contribution in [1.29, 1.82) is 0 Å². The smallest absolute Gasteiger partial charge is 0.150 e. The number of hydrogen-bond donors (Lipinski definition) is 2. The van der Waals surface area contributed by atoms with Crippen LogP contribution >= 0.6 is 11.6 Å². The lowest BCUT2D eigenvalue weighted by Crippen LogP contribution is -2.25. The molecule has 0 aromatic carbocycles. The normalized spacial score (nSPS) is 11.5. The van der Waals surface area contributed by atoms with E-state index in [0.29, 0.717) is 16.7 Å². The highest BCUT2D eigenvalue weighted by molar-refractivity contribution is 6.29. The number of rotatable bonds is 6. The van der Waals surface area contributed by atoms with Crippen LogP contribution in [0.4, 0.5) is 11.5 Å². The fourth-order valence-electron chi connectivity index (χ4n) is 1.38. The number of pyridine rings is 1. The molecule has 0 aliphatic rings. The minimum atomic E-state index is 0.118. The first-order valence-corrected chi connectivity index (χ1v) is 5.97. The maximum Gasteiger partial charge on any atom is 0.150 e. The van der Waals surface area contributed by atoms with E-state index in [4.69, 9.17) is 22.1 Å². The standard InChI is InChI=1S/C12H20ClN3O/c1-12(2,6-7-17-3)8-15-11-9(14)4-5-10(13)16-11/h4-5H,6-8,14H2,1-3H3,(H,15,16). The number of ether oxygens (including phenoxy) is 1. The Morgan fingerprint density at radius 2 is 2.18 bits per heavy atom. The summed E-state index contributed by atoms with van der Waals surface area (Å²) in [5, 5.41) is 3.67. The van der Waals surface area contributed by atoms with Gasteiger partial charge in [0.15, 0.2) is 5.82 Å². The second kappa shape index (κ2) is 6.07. The van der Waals surface area contributed by atoms with E-state index in [1.165, 1.54) is 0 Å². The summed E-state index contributed by atoms with van der Waals surface area (Å²) >= 11 is 5.82. The Bertz CT molecular complexity index is 369. The van der Waals surface area contributed by atoms with E-state index in [1.807, 2.05) is 0 Å². The maximum absolute atomic E-state index is 5.82. The summed E-state index contributed by atoms with van der Waals surface area (Å²) in [6.45, 7) is 5.85. The maximum atomic E-state index is 5.82. The summed E-state index contributed by atoms with van der Waals surface area (Å²) in [5.74, 6) is 0.642. The molecule has 0 aliphatic carbocycles. The summed E-state index contributed by atoms with van der Waals surface area (Å²) in [6.07, 6.45) is 0.969. The van der Waals surface area contributed by atoms with Crippen molar-refractivity contribution < 1.29 is 4.74 Å². The van der Waals surface area contributed by atoms with E-state index in [-0.39, 0.29) is 5.41 Å². The van der Waals surface area contributed by atoms with Crippen molar-refractivity contribution in [2.45, 2.75) is 20.3 Å². The van der Waals surface area contributed by atoms with Crippen LogP contribution in [-0.4, -0.2) is 25.2 Å². The highest BCUT2D eigenvalue weighted by atomic mass is 35.5. The zero-order valence-corrected chi connectivity index (χ0v) is 11.3. The van der Waals surface area contributed by atoms with Crippen LogP contribution in [-0.2, 0) is 4.74 Å². The van der Waals surface area contributed by atoms with Crippen LogP contribution in [0.1, 0.15) is 20.3 Å². The number of halogens is 1. The van der Waals surface area contributed by atoms with Gasteiger partial charge in [0, 0.05) is 20.3 Å². The van der Waals surface area contributed by atoms with Crippen LogP contribution in [0.15, 0.2) is 12.1 Å². The van der Waals surface area contributed by atoms with Crippen LogP contribution in [0, 0.1) is 5.41 Å². The Morgan fingerprint density at radius 3 is 2.82 bits per heavy atom. The van der Waals surface area contributed by atoms with Gasteiger partial charge in [-0.1, -0.05) is 25.4 Å². The van der Waals surface area contributed by atoms with Gasteiger partial charge >= 0.3 is 0 Å². The Balaban J connectivity index is 2.57. The quantitative estimate of drug-likeness (QED) is 0.770. The molecule has 0 fully saturated rings. The number of nitrogens with zero attached hydrogens (tertiary/aromatic N) is 1. The van der Waals surface area contributed by atoms with E-state index in [1.54, 1.807) is 19.2 Å². The molecule has 0 atom stereocenters. The molecule has 1 heterocycles. The van der Waals surface area contributed by atoms with E-state index in [2.05, 4.69) is 24.1 Å². The van der Waals surface area contributed by atoms with Gasteiger partial charge in [0.25, 0.3) is 0 Å². The average molecular weight is 258 g/mol. The molecule has 1 aromatic heterocycles. The molecular weight excluding hydrogens is 238 g/mol. The van der Waals surface area contributed by atoms with Crippen molar-refractivity contribution in [3.05, 3.63) is 17.3 Å². The zero-order valence-electron chi connectivity index (χ0n) is 10.6. The fraction of sp³-hybridized carbons (Fsp3) is 0.583.